The SMILES string of the molecule is CCCC1CCCC(N2CCC(CC(=O)O)C2)CC1. The molecule has 0 spiro atoms. The minimum absolute atomic E-state index is 0.363. The lowest BCUT2D eigenvalue weighted by Gasteiger charge is -2.26. The Labute approximate surface area is 117 Å². The number of rotatable bonds is 5. The fourth-order valence-electron chi connectivity index (χ4n) is 4.03. The zero-order chi connectivity index (χ0) is 13.7. The van der Waals surface area contributed by atoms with E-state index in [1.165, 1.54) is 44.9 Å². The molecule has 1 heterocycles. The smallest absolute Gasteiger partial charge is 0.303 e. The Morgan fingerprint density at radius 1 is 1.16 bits per heavy atom. The Bertz CT molecular complexity index is 292. The molecule has 3 unspecified atom stereocenters. The molecule has 0 aromatic heterocycles. The van der Waals surface area contributed by atoms with Crippen molar-refractivity contribution in [2.75, 3.05) is 13.1 Å². The summed E-state index contributed by atoms with van der Waals surface area (Å²) in [5.74, 6) is 0.718. The summed E-state index contributed by atoms with van der Waals surface area (Å²) >= 11 is 0. The van der Waals surface area contributed by atoms with Crippen LogP contribution in [0.4, 0.5) is 0 Å². The van der Waals surface area contributed by atoms with E-state index in [1.54, 1.807) is 0 Å². The van der Waals surface area contributed by atoms with Crippen molar-refractivity contribution in [3.05, 3.63) is 0 Å². The zero-order valence-corrected chi connectivity index (χ0v) is 12.3. The van der Waals surface area contributed by atoms with Gasteiger partial charge in [-0.2, -0.15) is 0 Å². The Kier molecular flexibility index (Phi) is 5.68. The molecule has 0 aromatic rings. The van der Waals surface area contributed by atoms with Crippen molar-refractivity contribution in [2.45, 2.75) is 70.8 Å². The maximum absolute atomic E-state index is 10.8. The molecule has 2 rings (SSSR count). The summed E-state index contributed by atoms with van der Waals surface area (Å²) in [5.41, 5.74) is 0. The van der Waals surface area contributed by atoms with Crippen LogP contribution in [0.2, 0.25) is 0 Å². The molecule has 1 aliphatic carbocycles. The zero-order valence-electron chi connectivity index (χ0n) is 12.3. The third kappa shape index (κ3) is 4.48. The number of carboxylic acids is 1. The van der Waals surface area contributed by atoms with Crippen molar-refractivity contribution in [1.29, 1.82) is 0 Å². The Balaban J connectivity index is 1.78. The van der Waals surface area contributed by atoms with E-state index < -0.39 is 5.97 Å². The molecular formula is C16H29NO2. The van der Waals surface area contributed by atoms with Gasteiger partial charge >= 0.3 is 5.97 Å². The molecule has 1 N–H and O–H groups in total. The first kappa shape index (κ1) is 14.8. The molecule has 2 fully saturated rings. The fourth-order valence-corrected chi connectivity index (χ4v) is 4.03. The van der Waals surface area contributed by atoms with Crippen molar-refractivity contribution >= 4 is 5.97 Å². The second-order valence-electron chi connectivity index (χ2n) is 6.56. The summed E-state index contributed by atoms with van der Waals surface area (Å²) in [6.07, 6.45) is 11.0. The molecule has 110 valence electrons. The summed E-state index contributed by atoms with van der Waals surface area (Å²) in [6, 6.07) is 0.737. The molecule has 0 radical (unpaired) electrons. The van der Waals surface area contributed by atoms with Crippen LogP contribution in [0.25, 0.3) is 0 Å². The van der Waals surface area contributed by atoms with Crippen LogP contribution in [0.3, 0.4) is 0 Å². The van der Waals surface area contributed by atoms with Crippen LogP contribution in [0.5, 0.6) is 0 Å². The van der Waals surface area contributed by atoms with Crippen molar-refractivity contribution in [1.82, 2.24) is 4.90 Å². The second kappa shape index (κ2) is 7.28. The third-order valence-electron chi connectivity index (χ3n) is 5.05. The topological polar surface area (TPSA) is 40.5 Å². The van der Waals surface area contributed by atoms with Gasteiger partial charge in [0.1, 0.15) is 0 Å². The minimum atomic E-state index is -0.629. The molecule has 2 aliphatic rings. The molecule has 0 aromatic carbocycles. The van der Waals surface area contributed by atoms with Crippen LogP contribution in [0.15, 0.2) is 0 Å². The standard InChI is InChI=1S/C16H29NO2/c1-2-4-13-5-3-6-15(8-7-13)17-10-9-14(12-17)11-16(18)19/h13-15H,2-12H2,1H3,(H,18,19). The molecule has 0 amide bonds. The lowest BCUT2D eigenvalue weighted by molar-refractivity contribution is -0.138. The first-order chi connectivity index (χ1) is 9.19. The predicted molar refractivity (Wildman–Crippen MR) is 77.2 cm³/mol. The first-order valence-electron chi connectivity index (χ1n) is 8.15. The number of carboxylic acid groups (broad SMARTS) is 1. The normalized spacial score (nSPS) is 33.2. The van der Waals surface area contributed by atoms with E-state index in [0.29, 0.717) is 12.3 Å². The molecule has 19 heavy (non-hydrogen) atoms. The summed E-state index contributed by atoms with van der Waals surface area (Å²) < 4.78 is 0. The van der Waals surface area contributed by atoms with Crippen molar-refractivity contribution in [3.8, 4) is 0 Å². The van der Waals surface area contributed by atoms with E-state index in [0.717, 1.165) is 31.5 Å². The van der Waals surface area contributed by atoms with E-state index in [9.17, 15) is 4.79 Å². The van der Waals surface area contributed by atoms with E-state index in [1.807, 2.05) is 0 Å². The monoisotopic (exact) mass is 267 g/mol. The van der Waals surface area contributed by atoms with E-state index >= 15 is 0 Å². The molecule has 3 heteroatoms. The van der Waals surface area contributed by atoms with Crippen LogP contribution < -0.4 is 0 Å². The molecule has 1 saturated carbocycles. The van der Waals surface area contributed by atoms with Gasteiger partial charge in [-0.1, -0.05) is 32.6 Å². The van der Waals surface area contributed by atoms with Gasteiger partial charge in [0.05, 0.1) is 0 Å². The van der Waals surface area contributed by atoms with Crippen molar-refractivity contribution < 1.29 is 9.90 Å². The van der Waals surface area contributed by atoms with Gasteiger partial charge in [-0.25, -0.2) is 0 Å². The number of hydrogen-bond acceptors (Lipinski definition) is 2. The van der Waals surface area contributed by atoms with Gasteiger partial charge in [0, 0.05) is 19.0 Å². The van der Waals surface area contributed by atoms with E-state index in [-0.39, 0.29) is 0 Å². The van der Waals surface area contributed by atoms with Crippen molar-refractivity contribution in [3.63, 3.8) is 0 Å². The number of likely N-dealkylation sites (tertiary alicyclic amines) is 1. The molecule has 3 atom stereocenters. The number of carbonyl (C=O) groups is 1. The predicted octanol–water partition coefficient (Wildman–Crippen LogP) is 3.53. The number of nitrogens with zero attached hydrogens (tertiary/aromatic N) is 1. The summed E-state index contributed by atoms with van der Waals surface area (Å²) in [6.45, 7) is 4.44. The van der Waals surface area contributed by atoms with Crippen LogP contribution >= 0.6 is 0 Å². The van der Waals surface area contributed by atoms with Gasteiger partial charge in [0.25, 0.3) is 0 Å². The minimum Gasteiger partial charge on any atom is -0.481 e. The molecule has 3 nitrogen and oxygen atoms in total. The first-order valence-corrected chi connectivity index (χ1v) is 8.15. The largest absolute Gasteiger partial charge is 0.481 e. The molecular weight excluding hydrogens is 238 g/mol. The lowest BCUT2D eigenvalue weighted by Crippen LogP contribution is -2.33. The Hall–Kier alpha value is -0.570. The van der Waals surface area contributed by atoms with Crippen LogP contribution in [-0.4, -0.2) is 35.1 Å². The average molecular weight is 267 g/mol. The van der Waals surface area contributed by atoms with Crippen LogP contribution in [0, 0.1) is 11.8 Å². The average Bonchev–Trinajstić information content (AvgIpc) is 2.68. The maximum Gasteiger partial charge on any atom is 0.303 e. The highest BCUT2D eigenvalue weighted by Crippen LogP contribution is 2.32. The van der Waals surface area contributed by atoms with Crippen molar-refractivity contribution in [2.24, 2.45) is 11.8 Å². The van der Waals surface area contributed by atoms with Gasteiger partial charge < -0.3 is 10.0 Å². The summed E-state index contributed by atoms with van der Waals surface area (Å²) in [7, 11) is 0. The van der Waals surface area contributed by atoms with Gasteiger partial charge in [0.2, 0.25) is 0 Å². The quantitative estimate of drug-likeness (QED) is 0.775. The summed E-state index contributed by atoms with van der Waals surface area (Å²) in [4.78, 5) is 13.4. The highest BCUT2D eigenvalue weighted by atomic mass is 16.4. The molecule has 1 aliphatic heterocycles. The van der Waals surface area contributed by atoms with Gasteiger partial charge in [-0.05, 0) is 44.1 Å². The number of aliphatic carboxylic acids is 1. The van der Waals surface area contributed by atoms with E-state index in [4.69, 9.17) is 5.11 Å². The van der Waals surface area contributed by atoms with E-state index in [2.05, 4.69) is 11.8 Å². The highest BCUT2D eigenvalue weighted by molar-refractivity contribution is 5.67. The maximum atomic E-state index is 10.8. The van der Waals surface area contributed by atoms with Gasteiger partial charge in [0.15, 0.2) is 0 Å². The highest BCUT2D eigenvalue weighted by Gasteiger charge is 2.30. The van der Waals surface area contributed by atoms with Crippen LogP contribution in [0.1, 0.15) is 64.7 Å². The second-order valence-corrected chi connectivity index (χ2v) is 6.56. The third-order valence-corrected chi connectivity index (χ3v) is 5.05. The lowest BCUT2D eigenvalue weighted by atomic mass is 9.95. The van der Waals surface area contributed by atoms with Crippen LogP contribution in [-0.2, 0) is 4.79 Å². The Morgan fingerprint density at radius 3 is 2.74 bits per heavy atom. The number of hydrogen-bond donors (Lipinski definition) is 1. The summed E-state index contributed by atoms with van der Waals surface area (Å²) in [5, 5.41) is 8.89. The van der Waals surface area contributed by atoms with Gasteiger partial charge in [-0.15, -0.1) is 0 Å². The fraction of sp³-hybridized carbons (Fsp3) is 0.938. The molecule has 1 saturated heterocycles. The Morgan fingerprint density at radius 2 is 2.00 bits per heavy atom. The molecule has 0 bridgehead atoms. The van der Waals surface area contributed by atoms with Gasteiger partial charge in [-0.3, -0.25) is 4.79 Å².